The van der Waals surface area contributed by atoms with E-state index < -0.39 is 5.97 Å². The minimum absolute atomic E-state index is 0.0431. The third-order valence-corrected chi connectivity index (χ3v) is 2.81. The van der Waals surface area contributed by atoms with Crippen LogP contribution in [0.1, 0.15) is 10.4 Å². The van der Waals surface area contributed by atoms with Crippen molar-refractivity contribution < 1.29 is 20.1 Å². The number of hydrogen-bond acceptors (Lipinski definition) is 5. The van der Waals surface area contributed by atoms with Crippen LogP contribution in [0.3, 0.4) is 0 Å². The molecule has 0 saturated heterocycles. The highest BCUT2D eigenvalue weighted by atomic mass is 16.4. The number of phenolic OH excluding ortho intramolecular Hbond substituents is 1. The predicted octanol–water partition coefficient (Wildman–Crippen LogP) is 1.89. The zero-order valence-corrected chi connectivity index (χ0v) is 9.53. The Balaban J connectivity index is 2.53. The van der Waals surface area contributed by atoms with Gasteiger partial charge in [0.25, 0.3) is 0 Å². The van der Waals surface area contributed by atoms with Crippen LogP contribution in [0, 0.1) is 0 Å². The summed E-state index contributed by atoms with van der Waals surface area (Å²) < 4.78 is 0. The van der Waals surface area contributed by atoms with Gasteiger partial charge in [0.1, 0.15) is 28.1 Å². The summed E-state index contributed by atoms with van der Waals surface area (Å²) in [6.07, 6.45) is 0. The van der Waals surface area contributed by atoms with Gasteiger partial charge in [-0.05, 0) is 24.3 Å². The molecule has 6 nitrogen and oxygen atoms in total. The number of aromatic carboxylic acids is 1. The first-order chi connectivity index (χ1) is 9.08. The van der Waals surface area contributed by atoms with Crippen molar-refractivity contribution in [2.45, 2.75) is 0 Å². The van der Waals surface area contributed by atoms with Crippen LogP contribution in [0.15, 0.2) is 30.3 Å². The highest BCUT2D eigenvalue weighted by Gasteiger charge is 2.17. The lowest BCUT2D eigenvalue weighted by molar-refractivity contribution is 0.0696. The van der Waals surface area contributed by atoms with Gasteiger partial charge in [-0.3, -0.25) is 0 Å². The Labute approximate surface area is 106 Å². The molecule has 3 rings (SSSR count). The van der Waals surface area contributed by atoms with E-state index in [0.717, 1.165) is 0 Å². The average molecular weight is 256 g/mol. The molecule has 94 valence electrons. The van der Waals surface area contributed by atoms with Gasteiger partial charge in [-0.2, -0.15) is 0 Å². The quantitative estimate of drug-likeness (QED) is 0.574. The fourth-order valence-corrected chi connectivity index (χ4v) is 1.95. The van der Waals surface area contributed by atoms with E-state index in [1.54, 1.807) is 12.1 Å². The minimum atomic E-state index is -1.30. The van der Waals surface area contributed by atoms with Gasteiger partial charge in [0.2, 0.25) is 0 Å². The van der Waals surface area contributed by atoms with E-state index >= 15 is 0 Å². The Morgan fingerprint density at radius 1 is 0.895 bits per heavy atom. The molecule has 2 aromatic carbocycles. The van der Waals surface area contributed by atoms with E-state index in [1.807, 2.05) is 0 Å². The molecule has 3 aromatic rings. The van der Waals surface area contributed by atoms with Gasteiger partial charge >= 0.3 is 5.97 Å². The fraction of sp³-hybridized carbons (Fsp3) is 0. The molecule has 0 amide bonds. The molecular weight excluding hydrogens is 248 g/mol. The number of rotatable bonds is 1. The normalized spacial score (nSPS) is 10.9. The van der Waals surface area contributed by atoms with Crippen molar-refractivity contribution in [3.8, 4) is 11.5 Å². The molecule has 0 aliphatic rings. The number of carboxylic acid groups (broad SMARTS) is 1. The van der Waals surface area contributed by atoms with Gasteiger partial charge in [-0.25, -0.2) is 14.8 Å². The number of nitrogens with zero attached hydrogens (tertiary/aromatic N) is 2. The summed E-state index contributed by atoms with van der Waals surface area (Å²) >= 11 is 0. The molecule has 0 unspecified atom stereocenters. The maximum Gasteiger partial charge on any atom is 0.341 e. The summed E-state index contributed by atoms with van der Waals surface area (Å²) in [4.78, 5) is 19.5. The van der Waals surface area contributed by atoms with Gasteiger partial charge in [0.15, 0.2) is 0 Å². The molecule has 1 heterocycles. The van der Waals surface area contributed by atoms with Crippen molar-refractivity contribution >= 4 is 28.0 Å². The first-order valence-corrected chi connectivity index (χ1v) is 5.42. The first-order valence-electron chi connectivity index (χ1n) is 5.42. The second-order valence-electron chi connectivity index (χ2n) is 4.00. The van der Waals surface area contributed by atoms with E-state index in [4.69, 9.17) is 5.11 Å². The van der Waals surface area contributed by atoms with Gasteiger partial charge in [-0.1, -0.05) is 6.07 Å². The Bertz CT molecular complexity index is 830. The van der Waals surface area contributed by atoms with Crippen molar-refractivity contribution in [3.63, 3.8) is 0 Å². The number of aromatic hydroxyl groups is 2. The van der Waals surface area contributed by atoms with Crippen LogP contribution in [-0.4, -0.2) is 31.3 Å². The van der Waals surface area contributed by atoms with E-state index in [1.165, 1.54) is 18.2 Å². The molecule has 0 saturated carbocycles. The maximum atomic E-state index is 11.2. The van der Waals surface area contributed by atoms with E-state index in [0.29, 0.717) is 11.0 Å². The zero-order chi connectivity index (χ0) is 13.6. The second-order valence-corrected chi connectivity index (χ2v) is 4.00. The molecule has 0 aliphatic heterocycles. The minimum Gasteiger partial charge on any atom is -0.507 e. The second kappa shape index (κ2) is 3.81. The zero-order valence-electron chi connectivity index (χ0n) is 9.53. The van der Waals surface area contributed by atoms with Crippen molar-refractivity contribution in [1.29, 1.82) is 0 Å². The monoisotopic (exact) mass is 256 g/mol. The Hall–Kier alpha value is -2.89. The highest BCUT2D eigenvalue weighted by Crippen LogP contribution is 2.29. The molecule has 0 fully saturated rings. The van der Waals surface area contributed by atoms with E-state index in [2.05, 4.69) is 9.97 Å². The molecule has 0 spiro atoms. The van der Waals surface area contributed by atoms with Gasteiger partial charge in [0.05, 0.1) is 11.0 Å². The molecule has 0 atom stereocenters. The molecule has 0 bridgehead atoms. The van der Waals surface area contributed by atoms with Crippen molar-refractivity contribution in [3.05, 3.63) is 35.9 Å². The van der Waals surface area contributed by atoms with E-state index in [-0.39, 0.29) is 28.1 Å². The molecule has 3 N–H and O–H groups in total. The summed E-state index contributed by atoms with van der Waals surface area (Å²) in [5, 5.41) is 28.4. The van der Waals surface area contributed by atoms with Crippen LogP contribution < -0.4 is 0 Å². The fourth-order valence-electron chi connectivity index (χ4n) is 1.95. The smallest absolute Gasteiger partial charge is 0.341 e. The maximum absolute atomic E-state index is 11.2. The number of phenols is 2. The number of aromatic nitrogens is 2. The van der Waals surface area contributed by atoms with Gasteiger partial charge in [0, 0.05) is 0 Å². The number of hydrogen-bond donors (Lipinski definition) is 3. The van der Waals surface area contributed by atoms with E-state index in [9.17, 15) is 15.0 Å². The third kappa shape index (κ3) is 1.61. The predicted molar refractivity (Wildman–Crippen MR) is 67.3 cm³/mol. The SMILES string of the molecule is O=C(O)c1c(O)ccc2nc3cccc(O)c3nc12. The summed E-state index contributed by atoms with van der Waals surface area (Å²) in [7, 11) is 0. The summed E-state index contributed by atoms with van der Waals surface area (Å²) in [5.41, 5.74) is 0.711. The van der Waals surface area contributed by atoms with Crippen LogP contribution in [0.4, 0.5) is 0 Å². The summed E-state index contributed by atoms with van der Waals surface area (Å²) in [6, 6.07) is 7.46. The van der Waals surface area contributed by atoms with Crippen molar-refractivity contribution in [1.82, 2.24) is 9.97 Å². The molecule has 6 heteroatoms. The molecular formula is C13H8N2O4. The van der Waals surface area contributed by atoms with Gasteiger partial charge < -0.3 is 15.3 Å². The molecule has 0 radical (unpaired) electrons. The average Bonchev–Trinajstić information content (AvgIpc) is 2.37. The molecule has 0 aliphatic carbocycles. The largest absolute Gasteiger partial charge is 0.507 e. The molecule has 19 heavy (non-hydrogen) atoms. The van der Waals surface area contributed by atoms with Crippen LogP contribution in [0.5, 0.6) is 11.5 Å². The first kappa shape index (κ1) is 11.2. The summed E-state index contributed by atoms with van der Waals surface area (Å²) in [5.74, 6) is -1.78. The number of benzene rings is 2. The van der Waals surface area contributed by atoms with Crippen molar-refractivity contribution in [2.24, 2.45) is 0 Å². The third-order valence-electron chi connectivity index (χ3n) is 2.81. The van der Waals surface area contributed by atoms with Crippen LogP contribution in [0.2, 0.25) is 0 Å². The topological polar surface area (TPSA) is 104 Å². The van der Waals surface area contributed by atoms with Crippen molar-refractivity contribution in [2.75, 3.05) is 0 Å². The van der Waals surface area contributed by atoms with Gasteiger partial charge in [-0.15, -0.1) is 0 Å². The lowest BCUT2D eigenvalue weighted by Crippen LogP contribution is -2.01. The Morgan fingerprint density at radius 2 is 1.63 bits per heavy atom. The number of carbonyl (C=O) groups is 1. The van der Waals surface area contributed by atoms with Crippen LogP contribution in [0.25, 0.3) is 22.1 Å². The van der Waals surface area contributed by atoms with Crippen LogP contribution in [-0.2, 0) is 0 Å². The van der Waals surface area contributed by atoms with Crippen LogP contribution >= 0.6 is 0 Å². The standard InChI is InChI=1S/C13H8N2O4/c16-8-5-4-7-12(10(8)13(18)19)15-11-6(14-7)2-1-3-9(11)17/h1-5,16-17H,(H,18,19). The summed E-state index contributed by atoms with van der Waals surface area (Å²) in [6.45, 7) is 0. The number of carboxylic acids is 1. The highest BCUT2D eigenvalue weighted by molar-refractivity contribution is 6.05. The number of para-hydroxylation sites is 1. The Morgan fingerprint density at radius 3 is 2.37 bits per heavy atom. The molecule has 1 aromatic heterocycles. The Kier molecular flexibility index (Phi) is 2.25. The number of fused-ring (bicyclic) bond motifs is 2. The lowest BCUT2D eigenvalue weighted by Gasteiger charge is -2.06. The lowest BCUT2D eigenvalue weighted by atomic mass is 10.1.